The molecule has 1 aromatic carbocycles. The van der Waals surface area contributed by atoms with Gasteiger partial charge >= 0.3 is 0 Å². The summed E-state index contributed by atoms with van der Waals surface area (Å²) in [5, 5.41) is 0.845. The molecule has 1 aliphatic rings. The Hall–Kier alpha value is -1.50. The van der Waals surface area contributed by atoms with Gasteiger partial charge in [0.1, 0.15) is 4.90 Å². The number of morpholine rings is 1. The Morgan fingerprint density at radius 1 is 1.38 bits per heavy atom. The van der Waals surface area contributed by atoms with Gasteiger partial charge in [0.15, 0.2) is 0 Å². The number of ether oxygens (including phenoxy) is 1. The Morgan fingerprint density at radius 2 is 2.19 bits per heavy atom. The third-order valence-electron chi connectivity index (χ3n) is 3.63. The fourth-order valence-corrected chi connectivity index (χ4v) is 4.26. The fraction of sp³-hybridized carbons (Fsp3) is 0.400. The Morgan fingerprint density at radius 3 is 2.95 bits per heavy atom. The van der Waals surface area contributed by atoms with Crippen LogP contribution < -0.4 is 0 Å². The molecule has 6 heteroatoms. The summed E-state index contributed by atoms with van der Waals surface area (Å²) in [4.78, 5) is 4.60. The van der Waals surface area contributed by atoms with E-state index >= 15 is 0 Å². The van der Waals surface area contributed by atoms with Crippen LogP contribution in [0.1, 0.15) is 12.5 Å². The van der Waals surface area contributed by atoms with Crippen LogP contribution in [0.15, 0.2) is 35.4 Å². The Labute approximate surface area is 124 Å². The summed E-state index contributed by atoms with van der Waals surface area (Å²) in [7, 11) is -3.54. The highest BCUT2D eigenvalue weighted by atomic mass is 32.2. The highest BCUT2D eigenvalue weighted by Gasteiger charge is 2.30. The highest BCUT2D eigenvalue weighted by molar-refractivity contribution is 7.89. The van der Waals surface area contributed by atoms with Gasteiger partial charge in [-0.1, -0.05) is 12.1 Å². The molecule has 0 saturated carbocycles. The zero-order valence-electron chi connectivity index (χ0n) is 12.1. The van der Waals surface area contributed by atoms with Crippen molar-refractivity contribution >= 4 is 20.9 Å². The molecule has 2 heterocycles. The number of benzene rings is 1. The quantitative estimate of drug-likeness (QED) is 0.851. The minimum atomic E-state index is -3.54. The fourth-order valence-electron chi connectivity index (χ4n) is 2.59. The summed E-state index contributed by atoms with van der Waals surface area (Å²) in [5.41, 5.74) is 1.54. The lowest BCUT2D eigenvalue weighted by molar-refractivity contribution is 0.0102. The molecule has 5 nitrogen and oxygen atoms in total. The summed E-state index contributed by atoms with van der Waals surface area (Å²) >= 11 is 0. The molecule has 0 amide bonds. The Balaban J connectivity index is 2.10. The highest BCUT2D eigenvalue weighted by Crippen LogP contribution is 2.25. The minimum Gasteiger partial charge on any atom is -0.376 e. The smallest absolute Gasteiger partial charge is 0.245 e. The van der Waals surface area contributed by atoms with Crippen LogP contribution in [0.5, 0.6) is 0 Å². The van der Waals surface area contributed by atoms with E-state index in [0.29, 0.717) is 25.2 Å². The van der Waals surface area contributed by atoms with Gasteiger partial charge in [-0.05, 0) is 31.5 Å². The lowest BCUT2D eigenvalue weighted by atomic mass is 10.2. The normalized spacial score (nSPS) is 20.8. The largest absolute Gasteiger partial charge is 0.376 e. The lowest BCUT2D eigenvalue weighted by Crippen LogP contribution is -2.44. The van der Waals surface area contributed by atoms with E-state index in [1.807, 2.05) is 26.0 Å². The number of aryl methyl sites for hydroxylation is 1. The molecule has 0 N–H and O–H groups in total. The molecule has 2 aromatic rings. The van der Waals surface area contributed by atoms with E-state index in [4.69, 9.17) is 4.74 Å². The molecule has 3 rings (SSSR count). The monoisotopic (exact) mass is 306 g/mol. The minimum absolute atomic E-state index is 0.0845. The maximum absolute atomic E-state index is 12.9. The molecule has 0 bridgehead atoms. The maximum Gasteiger partial charge on any atom is 0.245 e. The maximum atomic E-state index is 12.9. The van der Waals surface area contributed by atoms with Crippen LogP contribution in [0.3, 0.4) is 0 Å². The second kappa shape index (κ2) is 5.36. The van der Waals surface area contributed by atoms with Crippen molar-refractivity contribution in [3.63, 3.8) is 0 Å². The van der Waals surface area contributed by atoms with Gasteiger partial charge in [-0.25, -0.2) is 8.42 Å². The molecule has 1 saturated heterocycles. The summed E-state index contributed by atoms with van der Waals surface area (Å²) in [5.74, 6) is 0. The van der Waals surface area contributed by atoms with Crippen LogP contribution in [0.25, 0.3) is 10.9 Å². The van der Waals surface area contributed by atoms with Crippen molar-refractivity contribution in [2.45, 2.75) is 24.8 Å². The molecule has 0 aliphatic carbocycles. The van der Waals surface area contributed by atoms with Crippen molar-refractivity contribution in [2.75, 3.05) is 19.7 Å². The number of nitrogens with zero attached hydrogens (tertiary/aromatic N) is 2. The van der Waals surface area contributed by atoms with Crippen molar-refractivity contribution in [1.29, 1.82) is 0 Å². The second-order valence-corrected chi connectivity index (χ2v) is 7.29. The van der Waals surface area contributed by atoms with Gasteiger partial charge in [-0.15, -0.1) is 0 Å². The summed E-state index contributed by atoms with van der Waals surface area (Å²) in [6.45, 7) is 5.01. The van der Waals surface area contributed by atoms with Gasteiger partial charge in [-0.2, -0.15) is 4.31 Å². The summed E-state index contributed by atoms with van der Waals surface area (Å²) in [6.07, 6.45) is 1.61. The van der Waals surface area contributed by atoms with Gasteiger partial charge < -0.3 is 4.74 Å². The molecule has 1 atom stereocenters. The molecule has 0 radical (unpaired) electrons. The first-order valence-electron chi connectivity index (χ1n) is 6.95. The first-order valence-corrected chi connectivity index (χ1v) is 8.39. The van der Waals surface area contributed by atoms with Gasteiger partial charge in [0.05, 0.1) is 18.2 Å². The van der Waals surface area contributed by atoms with Crippen molar-refractivity contribution in [2.24, 2.45) is 0 Å². The number of rotatable bonds is 2. The topological polar surface area (TPSA) is 59.5 Å². The van der Waals surface area contributed by atoms with Crippen LogP contribution in [-0.4, -0.2) is 43.5 Å². The first-order chi connectivity index (χ1) is 9.98. The molecule has 112 valence electrons. The molecule has 0 spiro atoms. The first kappa shape index (κ1) is 14.4. The van der Waals surface area contributed by atoms with E-state index in [1.165, 1.54) is 4.31 Å². The van der Waals surface area contributed by atoms with Crippen LogP contribution in [0.2, 0.25) is 0 Å². The lowest BCUT2D eigenvalue weighted by Gasteiger charge is -2.30. The predicted octanol–water partition coefficient (Wildman–Crippen LogP) is 1.95. The number of hydrogen-bond donors (Lipinski definition) is 0. The van der Waals surface area contributed by atoms with E-state index < -0.39 is 10.0 Å². The molecule has 1 aromatic heterocycles. The third kappa shape index (κ3) is 2.66. The van der Waals surface area contributed by atoms with E-state index in [1.54, 1.807) is 18.3 Å². The number of para-hydroxylation sites is 1. The zero-order valence-corrected chi connectivity index (χ0v) is 12.9. The van der Waals surface area contributed by atoms with Gasteiger partial charge in [-0.3, -0.25) is 4.98 Å². The van der Waals surface area contributed by atoms with E-state index in [2.05, 4.69) is 4.98 Å². The van der Waals surface area contributed by atoms with E-state index in [9.17, 15) is 8.42 Å². The van der Waals surface area contributed by atoms with Gasteiger partial charge in [0, 0.05) is 24.7 Å². The Bertz CT molecular complexity index is 774. The van der Waals surface area contributed by atoms with Crippen molar-refractivity contribution in [3.8, 4) is 0 Å². The van der Waals surface area contributed by atoms with Crippen LogP contribution >= 0.6 is 0 Å². The average Bonchev–Trinajstić information content (AvgIpc) is 2.46. The van der Waals surface area contributed by atoms with E-state index in [0.717, 1.165) is 10.9 Å². The van der Waals surface area contributed by atoms with E-state index in [-0.39, 0.29) is 11.0 Å². The zero-order chi connectivity index (χ0) is 15.0. The molecule has 1 unspecified atom stereocenters. The second-order valence-electron chi connectivity index (χ2n) is 5.38. The van der Waals surface area contributed by atoms with Crippen LogP contribution in [0.4, 0.5) is 0 Å². The molecule has 1 fully saturated rings. The third-order valence-corrected chi connectivity index (χ3v) is 5.53. The summed E-state index contributed by atoms with van der Waals surface area (Å²) < 4.78 is 32.6. The number of hydrogen-bond acceptors (Lipinski definition) is 4. The van der Waals surface area contributed by atoms with Crippen molar-refractivity contribution in [3.05, 3.63) is 36.0 Å². The SMILES string of the molecule is Cc1cnc2c(S(=O)(=O)N3CCOC(C)C3)cccc2c1. The number of aromatic nitrogens is 1. The van der Waals surface area contributed by atoms with Crippen LogP contribution in [-0.2, 0) is 14.8 Å². The van der Waals surface area contributed by atoms with Gasteiger partial charge in [0.2, 0.25) is 10.0 Å². The number of fused-ring (bicyclic) bond motifs is 1. The predicted molar refractivity (Wildman–Crippen MR) is 80.7 cm³/mol. The summed E-state index contributed by atoms with van der Waals surface area (Å²) in [6, 6.07) is 7.22. The number of pyridine rings is 1. The number of sulfonamides is 1. The molecule has 1 aliphatic heterocycles. The Kier molecular flexibility index (Phi) is 3.69. The molecular formula is C15H18N2O3S. The van der Waals surface area contributed by atoms with Crippen molar-refractivity contribution < 1.29 is 13.2 Å². The van der Waals surface area contributed by atoms with Crippen molar-refractivity contribution in [1.82, 2.24) is 9.29 Å². The standard InChI is InChI=1S/C15H18N2O3S/c1-11-8-13-4-3-5-14(15(13)16-9-11)21(18,19)17-6-7-20-12(2)10-17/h3-5,8-9,12H,6-7,10H2,1-2H3. The van der Waals surface area contributed by atoms with Gasteiger partial charge in [0.25, 0.3) is 0 Å². The van der Waals surface area contributed by atoms with Crippen LogP contribution in [0, 0.1) is 6.92 Å². The average molecular weight is 306 g/mol. The molecule has 21 heavy (non-hydrogen) atoms. The molecular weight excluding hydrogens is 288 g/mol.